The number of hydrogen-bond donors (Lipinski definition) is 1. The zero-order valence-electron chi connectivity index (χ0n) is 11.8. The van der Waals surface area contributed by atoms with E-state index in [1.807, 2.05) is 13.0 Å². The van der Waals surface area contributed by atoms with Gasteiger partial charge < -0.3 is 19.3 Å². The van der Waals surface area contributed by atoms with E-state index in [4.69, 9.17) is 14.4 Å². The lowest BCUT2D eigenvalue weighted by molar-refractivity contribution is -0.155. The monoisotopic (exact) mass is 294 g/mol. The molecular formula is C14H18N2O5. The van der Waals surface area contributed by atoms with E-state index in [9.17, 15) is 9.59 Å². The molecule has 2 aliphatic rings. The van der Waals surface area contributed by atoms with Crippen molar-refractivity contribution in [2.24, 2.45) is 0 Å². The van der Waals surface area contributed by atoms with Gasteiger partial charge in [0.15, 0.2) is 11.9 Å². The number of carboxylic acid groups (broad SMARTS) is 1. The highest BCUT2D eigenvalue weighted by molar-refractivity contribution is 5.83. The van der Waals surface area contributed by atoms with Crippen molar-refractivity contribution in [1.29, 1.82) is 0 Å². The van der Waals surface area contributed by atoms with Crippen LogP contribution < -0.4 is 0 Å². The second kappa shape index (κ2) is 5.48. The molecule has 3 heterocycles. The molecule has 7 heteroatoms. The summed E-state index contributed by atoms with van der Waals surface area (Å²) >= 11 is 0. The molecule has 0 aromatic carbocycles. The van der Waals surface area contributed by atoms with Gasteiger partial charge in [0.05, 0.1) is 11.7 Å². The molecule has 0 bridgehead atoms. The summed E-state index contributed by atoms with van der Waals surface area (Å²) in [5.41, 5.74) is 0.785. The van der Waals surface area contributed by atoms with Crippen molar-refractivity contribution in [1.82, 2.24) is 10.1 Å². The molecule has 21 heavy (non-hydrogen) atoms. The summed E-state index contributed by atoms with van der Waals surface area (Å²) in [5.74, 6) is -0.462. The minimum absolute atomic E-state index is 0.119. The Morgan fingerprint density at radius 3 is 2.71 bits per heavy atom. The van der Waals surface area contributed by atoms with Crippen molar-refractivity contribution in [3.63, 3.8) is 0 Å². The Morgan fingerprint density at radius 1 is 1.33 bits per heavy atom. The molecule has 7 nitrogen and oxygen atoms in total. The first-order valence-corrected chi connectivity index (χ1v) is 7.18. The van der Waals surface area contributed by atoms with Crippen molar-refractivity contribution in [2.75, 3.05) is 6.54 Å². The number of likely N-dealkylation sites (tertiary alicyclic amines) is 1. The van der Waals surface area contributed by atoms with Crippen molar-refractivity contribution >= 4 is 11.9 Å². The molecule has 3 atom stereocenters. The van der Waals surface area contributed by atoms with Crippen LogP contribution in [0.4, 0.5) is 0 Å². The Bertz CT molecular complexity index is 555. The zero-order chi connectivity index (χ0) is 15.0. The number of carbonyl (C=O) groups is 2. The highest BCUT2D eigenvalue weighted by atomic mass is 16.5. The van der Waals surface area contributed by atoms with Gasteiger partial charge in [0.1, 0.15) is 6.10 Å². The third-order valence-corrected chi connectivity index (χ3v) is 4.08. The number of rotatable bonds is 3. The molecule has 2 fully saturated rings. The highest BCUT2D eigenvalue weighted by Gasteiger charge is 2.41. The van der Waals surface area contributed by atoms with Crippen LogP contribution in [-0.2, 0) is 14.3 Å². The third-order valence-electron chi connectivity index (χ3n) is 4.08. The Balaban J connectivity index is 1.71. The van der Waals surface area contributed by atoms with Crippen LogP contribution in [0.15, 0.2) is 10.6 Å². The lowest BCUT2D eigenvalue weighted by Gasteiger charge is -2.25. The van der Waals surface area contributed by atoms with Gasteiger partial charge in [-0.2, -0.15) is 0 Å². The summed E-state index contributed by atoms with van der Waals surface area (Å²) in [4.78, 5) is 25.2. The number of aromatic nitrogens is 1. The number of carbonyl (C=O) groups excluding carboxylic acids is 1. The zero-order valence-corrected chi connectivity index (χ0v) is 11.8. The summed E-state index contributed by atoms with van der Waals surface area (Å²) < 4.78 is 10.6. The second-order valence-electron chi connectivity index (χ2n) is 5.59. The molecule has 2 aliphatic heterocycles. The van der Waals surface area contributed by atoms with Gasteiger partial charge in [-0.3, -0.25) is 4.79 Å². The molecule has 1 N–H and O–H groups in total. The average Bonchev–Trinajstić information content (AvgIpc) is 3.17. The van der Waals surface area contributed by atoms with Gasteiger partial charge in [0.2, 0.25) is 0 Å². The van der Waals surface area contributed by atoms with E-state index in [1.165, 1.54) is 0 Å². The van der Waals surface area contributed by atoms with E-state index >= 15 is 0 Å². The van der Waals surface area contributed by atoms with E-state index in [-0.39, 0.29) is 11.9 Å². The maximum absolute atomic E-state index is 12.6. The lowest BCUT2D eigenvalue weighted by Crippen LogP contribution is -2.39. The summed E-state index contributed by atoms with van der Waals surface area (Å²) in [5, 5.41) is 12.8. The molecule has 1 aromatic heterocycles. The Labute approximate surface area is 121 Å². The fourth-order valence-electron chi connectivity index (χ4n) is 3.05. The van der Waals surface area contributed by atoms with Crippen molar-refractivity contribution in [3.8, 4) is 0 Å². The molecule has 1 amide bonds. The summed E-state index contributed by atoms with van der Waals surface area (Å²) in [7, 11) is 0. The Kier molecular flexibility index (Phi) is 3.67. The third kappa shape index (κ3) is 2.65. The number of carboxylic acids is 1. The van der Waals surface area contributed by atoms with Crippen LogP contribution in [0.25, 0.3) is 0 Å². The maximum atomic E-state index is 12.6. The van der Waals surface area contributed by atoms with Crippen molar-refractivity contribution < 1.29 is 24.0 Å². The maximum Gasteiger partial charge on any atom is 0.332 e. The normalized spacial score (nSPS) is 29.0. The van der Waals surface area contributed by atoms with Gasteiger partial charge >= 0.3 is 5.97 Å². The second-order valence-corrected chi connectivity index (χ2v) is 5.59. The molecule has 3 rings (SSSR count). The number of aryl methyl sites for hydroxylation is 1. The van der Waals surface area contributed by atoms with Crippen LogP contribution in [0.1, 0.15) is 43.2 Å². The van der Waals surface area contributed by atoms with Gasteiger partial charge in [0.25, 0.3) is 5.91 Å². The van der Waals surface area contributed by atoms with Crippen LogP contribution in [0.2, 0.25) is 0 Å². The number of aliphatic carboxylic acids is 1. The first-order chi connectivity index (χ1) is 10.1. The van der Waals surface area contributed by atoms with Crippen LogP contribution in [-0.4, -0.2) is 45.8 Å². The predicted molar refractivity (Wildman–Crippen MR) is 70.5 cm³/mol. The van der Waals surface area contributed by atoms with Gasteiger partial charge in [-0.25, -0.2) is 4.79 Å². The molecule has 1 unspecified atom stereocenters. The molecule has 0 saturated carbocycles. The van der Waals surface area contributed by atoms with Crippen molar-refractivity contribution in [3.05, 3.63) is 17.5 Å². The molecule has 0 spiro atoms. The molecule has 0 aliphatic carbocycles. The van der Waals surface area contributed by atoms with Gasteiger partial charge in [-0.1, -0.05) is 5.16 Å². The summed E-state index contributed by atoms with van der Waals surface area (Å²) in [6.45, 7) is 2.48. The fraction of sp³-hybridized carbons (Fsp3) is 0.643. The van der Waals surface area contributed by atoms with Gasteiger partial charge in [0, 0.05) is 12.6 Å². The summed E-state index contributed by atoms with van der Waals surface area (Å²) in [6, 6.07) is 1.72. The highest BCUT2D eigenvalue weighted by Crippen LogP contribution is 2.34. The van der Waals surface area contributed by atoms with Crippen LogP contribution >= 0.6 is 0 Å². The van der Waals surface area contributed by atoms with Gasteiger partial charge in [-0.15, -0.1) is 0 Å². The largest absolute Gasteiger partial charge is 0.479 e. The van der Waals surface area contributed by atoms with Crippen LogP contribution in [0.5, 0.6) is 0 Å². The smallest absolute Gasteiger partial charge is 0.332 e. The molecule has 114 valence electrons. The standard InChI is InChI=1S/C14H18N2O5/c1-8-7-12(21-15-8)9-3-2-6-16(9)13(17)10-4-5-11(20-10)14(18)19/h7,9-11H,2-6H2,1H3,(H,18,19)/t9?,10-,11+/m0/s1. The minimum Gasteiger partial charge on any atom is -0.479 e. The molecule has 1 aromatic rings. The average molecular weight is 294 g/mol. The molecular weight excluding hydrogens is 276 g/mol. The molecule has 2 saturated heterocycles. The summed E-state index contributed by atoms with van der Waals surface area (Å²) in [6.07, 6.45) is 1.03. The minimum atomic E-state index is -1.01. The topological polar surface area (TPSA) is 92.9 Å². The number of hydrogen-bond acceptors (Lipinski definition) is 5. The van der Waals surface area contributed by atoms with E-state index in [0.29, 0.717) is 25.1 Å². The Hall–Kier alpha value is -1.89. The van der Waals surface area contributed by atoms with Crippen molar-refractivity contribution in [2.45, 2.75) is 50.9 Å². The Morgan fingerprint density at radius 2 is 2.10 bits per heavy atom. The number of amides is 1. The van der Waals surface area contributed by atoms with Gasteiger partial charge in [-0.05, 0) is 32.6 Å². The van der Waals surface area contributed by atoms with E-state index in [0.717, 1.165) is 18.5 Å². The predicted octanol–water partition coefficient (Wildman–Crippen LogP) is 1.28. The van der Waals surface area contributed by atoms with E-state index in [2.05, 4.69) is 5.16 Å². The van der Waals surface area contributed by atoms with Crippen LogP contribution in [0, 0.1) is 6.92 Å². The fourth-order valence-corrected chi connectivity index (χ4v) is 3.05. The lowest BCUT2D eigenvalue weighted by atomic mass is 10.1. The van der Waals surface area contributed by atoms with Crippen LogP contribution in [0.3, 0.4) is 0 Å². The quantitative estimate of drug-likeness (QED) is 0.902. The van der Waals surface area contributed by atoms with E-state index in [1.54, 1.807) is 4.90 Å². The SMILES string of the molecule is Cc1cc(C2CCCN2C(=O)[C@@H]2CC[C@H](C(=O)O)O2)on1. The first-order valence-electron chi connectivity index (χ1n) is 7.18. The number of nitrogens with zero attached hydrogens (tertiary/aromatic N) is 2. The number of ether oxygens (including phenoxy) is 1. The van der Waals surface area contributed by atoms with E-state index < -0.39 is 18.2 Å². The molecule has 0 radical (unpaired) electrons. The first kappa shape index (κ1) is 14.1.